The number of carbonyl (C=O) groups is 2. The minimum atomic E-state index is -1.29. The monoisotopic (exact) mass is 460 g/mol. The predicted octanol–water partition coefficient (Wildman–Crippen LogP) is 0.643. The van der Waals surface area contributed by atoms with Gasteiger partial charge in [-0.1, -0.05) is 37.6 Å². The second-order valence-electron chi connectivity index (χ2n) is 8.24. The van der Waals surface area contributed by atoms with Gasteiger partial charge in [0.25, 0.3) is 0 Å². The van der Waals surface area contributed by atoms with Gasteiger partial charge >= 0.3 is 29.6 Å². The first-order valence-corrected chi connectivity index (χ1v) is 11.6. The first kappa shape index (κ1) is 27.2. The molecule has 1 unspecified atom stereocenters. The molecule has 1 aliphatic heterocycles. The molecule has 0 aromatic heterocycles. The Bertz CT molecular complexity index is 928. The average molecular weight is 461 g/mol. The van der Waals surface area contributed by atoms with E-state index in [-0.39, 0.29) is 59.2 Å². The molecule has 0 bridgehead atoms. The fourth-order valence-electron chi connectivity index (χ4n) is 4.35. The molecule has 1 atom stereocenters. The van der Waals surface area contributed by atoms with Crippen molar-refractivity contribution in [1.82, 2.24) is 5.32 Å². The van der Waals surface area contributed by atoms with Gasteiger partial charge in [0.05, 0.1) is 25.0 Å². The van der Waals surface area contributed by atoms with Crippen LogP contribution in [-0.4, -0.2) is 31.6 Å². The molecule has 6 nitrogen and oxygen atoms in total. The third kappa shape index (κ3) is 7.49. The number of anilines is 1. The molecular formula is C26H33N2NaO4. The van der Waals surface area contributed by atoms with E-state index in [0.717, 1.165) is 31.5 Å². The van der Waals surface area contributed by atoms with Gasteiger partial charge in [-0.25, -0.2) is 0 Å². The molecule has 2 aromatic carbocycles. The molecule has 1 N–H and O–H groups in total. The average Bonchev–Trinajstić information content (AvgIpc) is 2.79. The minimum absolute atomic E-state index is 0. The molecule has 0 aliphatic carbocycles. The molecule has 3 rings (SSSR count). The molecule has 1 saturated heterocycles. The Labute approximate surface area is 219 Å². The second-order valence-corrected chi connectivity index (χ2v) is 8.24. The number of nitrogens with one attached hydrogen (secondary N) is 1. The minimum Gasteiger partial charge on any atom is -0.545 e. The van der Waals surface area contributed by atoms with Crippen molar-refractivity contribution in [3.63, 3.8) is 0 Å². The number of carboxylic acid groups (broad SMARTS) is 1. The summed E-state index contributed by atoms with van der Waals surface area (Å²) < 4.78 is 5.43. The Hall–Kier alpha value is -2.02. The summed E-state index contributed by atoms with van der Waals surface area (Å²) in [6.45, 7) is 6.34. The summed E-state index contributed by atoms with van der Waals surface area (Å²) >= 11 is 0. The molecule has 0 saturated carbocycles. The van der Waals surface area contributed by atoms with Crippen LogP contribution < -0.4 is 49.6 Å². The molecule has 33 heavy (non-hydrogen) atoms. The van der Waals surface area contributed by atoms with Crippen molar-refractivity contribution in [1.29, 1.82) is 0 Å². The third-order valence-corrected chi connectivity index (χ3v) is 5.85. The zero-order chi connectivity index (χ0) is 22.9. The fraction of sp³-hybridized carbons (Fsp3) is 0.462. The first-order valence-electron chi connectivity index (χ1n) is 11.6. The molecule has 7 heteroatoms. The first-order chi connectivity index (χ1) is 15.5. The maximum absolute atomic E-state index is 13.0. The topological polar surface area (TPSA) is 81.7 Å². The molecule has 2 aromatic rings. The maximum Gasteiger partial charge on any atom is 1.00 e. The van der Waals surface area contributed by atoms with Gasteiger partial charge in [0.2, 0.25) is 5.91 Å². The van der Waals surface area contributed by atoms with Crippen LogP contribution in [0.3, 0.4) is 0 Å². The number of para-hydroxylation sites is 1. The number of nitrogens with zero attached hydrogens (tertiary/aromatic N) is 1. The van der Waals surface area contributed by atoms with Crippen LogP contribution in [-0.2, 0) is 11.2 Å². The van der Waals surface area contributed by atoms with E-state index in [9.17, 15) is 14.7 Å². The van der Waals surface area contributed by atoms with Crippen LogP contribution >= 0.6 is 0 Å². The Kier molecular flexibility index (Phi) is 11.2. The Balaban J connectivity index is 0.00000385. The zero-order valence-corrected chi connectivity index (χ0v) is 22.1. The number of rotatable bonds is 10. The van der Waals surface area contributed by atoms with Crippen LogP contribution in [0.1, 0.15) is 73.5 Å². The van der Waals surface area contributed by atoms with E-state index in [1.807, 2.05) is 6.07 Å². The largest absolute Gasteiger partial charge is 1.00 e. The summed E-state index contributed by atoms with van der Waals surface area (Å²) in [4.78, 5) is 26.7. The molecular weight excluding hydrogens is 427 g/mol. The summed E-state index contributed by atoms with van der Waals surface area (Å²) in [7, 11) is 0. The number of hydrogen-bond acceptors (Lipinski definition) is 5. The van der Waals surface area contributed by atoms with E-state index in [2.05, 4.69) is 35.3 Å². The zero-order valence-electron chi connectivity index (χ0n) is 20.1. The van der Waals surface area contributed by atoms with Gasteiger partial charge in [-0.3, -0.25) is 4.79 Å². The van der Waals surface area contributed by atoms with Crippen molar-refractivity contribution in [3.8, 4) is 5.75 Å². The van der Waals surface area contributed by atoms with Gasteiger partial charge < -0.3 is 24.9 Å². The number of carboxylic acids is 1. The fourth-order valence-corrected chi connectivity index (χ4v) is 4.35. The quantitative estimate of drug-likeness (QED) is 0.527. The molecule has 1 fully saturated rings. The number of aromatic carboxylic acids is 1. The molecule has 1 amide bonds. The summed E-state index contributed by atoms with van der Waals surface area (Å²) in [6.07, 6.45) is 5.62. The van der Waals surface area contributed by atoms with Gasteiger partial charge in [0.1, 0.15) is 5.75 Å². The summed E-state index contributed by atoms with van der Waals surface area (Å²) in [5, 5.41) is 14.5. The third-order valence-electron chi connectivity index (χ3n) is 5.85. The van der Waals surface area contributed by atoms with E-state index in [1.54, 1.807) is 19.1 Å². The van der Waals surface area contributed by atoms with Gasteiger partial charge in [-0.2, -0.15) is 0 Å². The number of hydrogen-bond donors (Lipinski definition) is 1. The van der Waals surface area contributed by atoms with Crippen LogP contribution in [0, 0.1) is 0 Å². The van der Waals surface area contributed by atoms with Gasteiger partial charge in [0, 0.05) is 24.3 Å². The van der Waals surface area contributed by atoms with E-state index in [1.165, 1.54) is 31.0 Å². The van der Waals surface area contributed by atoms with E-state index in [0.29, 0.717) is 12.2 Å². The molecule has 1 aliphatic rings. The van der Waals surface area contributed by atoms with Crippen molar-refractivity contribution in [2.24, 2.45) is 0 Å². The predicted molar refractivity (Wildman–Crippen MR) is 124 cm³/mol. The van der Waals surface area contributed by atoms with E-state index < -0.39 is 5.97 Å². The van der Waals surface area contributed by atoms with Crippen LogP contribution in [0.5, 0.6) is 5.75 Å². The standard InChI is InChI=1S/C26H34N2O4.Na/c1-3-10-22(20-11-6-7-12-23(20)28-15-8-5-9-16-28)27-25(29)18-19-13-14-21(26(30)31)24(17-19)32-4-2;/h6-7,11-14,17,22H,3-5,8-10,15-16,18H2,1-2H3,(H,27,29)(H,30,31);/q;+1/p-1. The number of piperidine rings is 1. The Morgan fingerprint density at radius 2 is 1.82 bits per heavy atom. The Morgan fingerprint density at radius 1 is 1.09 bits per heavy atom. The number of ether oxygens (including phenoxy) is 1. The van der Waals surface area contributed by atoms with Crippen molar-refractivity contribution >= 4 is 17.6 Å². The normalized spacial score (nSPS) is 14.2. The number of benzene rings is 2. The van der Waals surface area contributed by atoms with Crippen LogP contribution in [0.15, 0.2) is 42.5 Å². The number of amides is 1. The van der Waals surface area contributed by atoms with Gasteiger partial charge in [-0.05, 0) is 61.9 Å². The number of carbonyl (C=O) groups excluding carboxylic acids is 2. The van der Waals surface area contributed by atoms with Crippen LogP contribution in [0.25, 0.3) is 0 Å². The van der Waals surface area contributed by atoms with E-state index >= 15 is 0 Å². The van der Waals surface area contributed by atoms with E-state index in [4.69, 9.17) is 4.74 Å². The molecule has 0 spiro atoms. The van der Waals surface area contributed by atoms with Gasteiger partial charge in [0.15, 0.2) is 0 Å². The molecule has 0 radical (unpaired) electrons. The summed E-state index contributed by atoms with van der Waals surface area (Å²) in [5.74, 6) is -1.15. The summed E-state index contributed by atoms with van der Waals surface area (Å²) in [6, 6.07) is 13.0. The molecule has 172 valence electrons. The Morgan fingerprint density at radius 3 is 2.48 bits per heavy atom. The van der Waals surface area contributed by atoms with Crippen molar-refractivity contribution in [2.45, 2.75) is 58.4 Å². The van der Waals surface area contributed by atoms with Crippen LogP contribution in [0.2, 0.25) is 0 Å². The summed E-state index contributed by atoms with van der Waals surface area (Å²) in [5.41, 5.74) is 3.07. The maximum atomic E-state index is 13.0. The van der Waals surface area contributed by atoms with Crippen LogP contribution in [0.4, 0.5) is 5.69 Å². The SMILES string of the molecule is CCCC(NC(=O)Cc1ccc(C(=O)[O-])c(OCC)c1)c1ccccc1N1CCCCC1.[Na+]. The van der Waals surface area contributed by atoms with Gasteiger partial charge in [-0.15, -0.1) is 0 Å². The van der Waals surface area contributed by atoms with Crippen molar-refractivity contribution in [2.75, 3.05) is 24.6 Å². The second kappa shape index (κ2) is 13.6. The molecule has 1 heterocycles. The van der Waals surface area contributed by atoms with Crippen molar-refractivity contribution in [3.05, 3.63) is 59.2 Å². The smallest absolute Gasteiger partial charge is 0.545 e. The van der Waals surface area contributed by atoms with Crippen molar-refractivity contribution < 1.29 is 49.0 Å².